The Morgan fingerprint density at radius 1 is 1.29 bits per heavy atom. The first-order chi connectivity index (χ1) is 11.6. The van der Waals surface area contributed by atoms with Crippen LogP contribution in [0.5, 0.6) is 0 Å². The number of aromatic nitrogens is 2. The summed E-state index contributed by atoms with van der Waals surface area (Å²) in [6.45, 7) is 4.10. The van der Waals surface area contributed by atoms with Crippen molar-refractivity contribution in [2.24, 2.45) is 11.8 Å². The summed E-state index contributed by atoms with van der Waals surface area (Å²) in [6.07, 6.45) is 3.31. The van der Waals surface area contributed by atoms with E-state index in [0.29, 0.717) is 17.2 Å². The highest BCUT2D eigenvalue weighted by atomic mass is 16.5. The maximum absolute atomic E-state index is 12.1. The number of carbonyl (C=O) groups is 2. The van der Waals surface area contributed by atoms with Crippen LogP contribution < -0.4 is 5.32 Å². The van der Waals surface area contributed by atoms with Crippen LogP contribution in [-0.2, 0) is 9.53 Å². The third-order valence-electron chi connectivity index (χ3n) is 5.05. The van der Waals surface area contributed by atoms with Crippen LogP contribution in [0.1, 0.15) is 43.6 Å². The number of amides is 1. The molecule has 0 radical (unpaired) electrons. The van der Waals surface area contributed by atoms with E-state index in [4.69, 9.17) is 4.74 Å². The summed E-state index contributed by atoms with van der Waals surface area (Å²) < 4.78 is 5.13. The van der Waals surface area contributed by atoms with Crippen molar-refractivity contribution in [3.05, 3.63) is 30.0 Å². The molecule has 0 aliphatic heterocycles. The first-order valence-corrected chi connectivity index (χ1v) is 8.46. The maximum atomic E-state index is 12.1. The molecule has 3 unspecified atom stereocenters. The van der Waals surface area contributed by atoms with Gasteiger partial charge in [0.1, 0.15) is 0 Å². The predicted molar refractivity (Wildman–Crippen MR) is 90.5 cm³/mol. The average Bonchev–Trinajstić information content (AvgIpc) is 3.01. The van der Waals surface area contributed by atoms with Crippen LogP contribution in [0.2, 0.25) is 0 Å². The van der Waals surface area contributed by atoms with Crippen LogP contribution in [-0.4, -0.2) is 34.7 Å². The van der Waals surface area contributed by atoms with Crippen LogP contribution in [0.25, 0.3) is 10.9 Å². The van der Waals surface area contributed by atoms with Crippen LogP contribution >= 0.6 is 0 Å². The lowest BCUT2D eigenvalue weighted by Crippen LogP contribution is -2.45. The van der Waals surface area contributed by atoms with Gasteiger partial charge in [-0.3, -0.25) is 9.89 Å². The van der Waals surface area contributed by atoms with Crippen molar-refractivity contribution in [1.82, 2.24) is 15.5 Å². The first kappa shape index (κ1) is 16.5. The van der Waals surface area contributed by atoms with Gasteiger partial charge in [-0.2, -0.15) is 5.10 Å². The van der Waals surface area contributed by atoms with Crippen molar-refractivity contribution in [3.63, 3.8) is 0 Å². The third kappa shape index (κ3) is 3.42. The lowest BCUT2D eigenvalue weighted by molar-refractivity contribution is -0.125. The van der Waals surface area contributed by atoms with Crippen molar-refractivity contribution in [3.8, 4) is 0 Å². The van der Waals surface area contributed by atoms with E-state index in [1.807, 2.05) is 18.2 Å². The van der Waals surface area contributed by atoms with Gasteiger partial charge in [-0.05, 0) is 24.3 Å². The predicted octanol–water partition coefficient (Wildman–Crippen LogP) is 2.66. The molecule has 1 amide bonds. The lowest BCUT2D eigenvalue weighted by atomic mass is 9.78. The van der Waals surface area contributed by atoms with Crippen LogP contribution in [0.15, 0.2) is 24.3 Å². The number of ether oxygens (including phenoxy) is 1. The van der Waals surface area contributed by atoms with Gasteiger partial charge in [0.15, 0.2) is 12.3 Å². The van der Waals surface area contributed by atoms with E-state index in [1.54, 1.807) is 6.07 Å². The molecule has 3 rings (SSSR count). The molecular weight excluding hydrogens is 306 g/mol. The fraction of sp³-hybridized carbons (Fsp3) is 0.500. The van der Waals surface area contributed by atoms with E-state index in [-0.39, 0.29) is 24.2 Å². The zero-order chi connectivity index (χ0) is 17.1. The second-order valence-electron chi connectivity index (χ2n) is 6.64. The van der Waals surface area contributed by atoms with Crippen LogP contribution in [0.4, 0.5) is 0 Å². The standard InChI is InChI=1S/C18H23N3O3/c1-11-6-5-9-14(12(11)2)19-16(22)10-24-18(23)17-13-7-3-4-8-15(13)20-21-17/h3-4,7-8,11-12,14H,5-6,9-10H2,1-2H3,(H,19,22)(H,20,21). The fourth-order valence-corrected chi connectivity index (χ4v) is 3.35. The molecule has 3 atom stereocenters. The lowest BCUT2D eigenvalue weighted by Gasteiger charge is -2.34. The summed E-state index contributed by atoms with van der Waals surface area (Å²) in [4.78, 5) is 24.2. The van der Waals surface area contributed by atoms with Gasteiger partial charge in [0.2, 0.25) is 0 Å². The Hall–Kier alpha value is -2.37. The van der Waals surface area contributed by atoms with Gasteiger partial charge < -0.3 is 10.1 Å². The molecule has 1 aliphatic rings. The quantitative estimate of drug-likeness (QED) is 0.845. The number of hydrogen-bond acceptors (Lipinski definition) is 4. The Bertz CT molecular complexity index is 740. The highest BCUT2D eigenvalue weighted by molar-refractivity contribution is 6.02. The minimum absolute atomic E-state index is 0.158. The number of benzene rings is 1. The molecule has 6 heteroatoms. The molecule has 1 fully saturated rings. The Labute approximate surface area is 141 Å². The minimum Gasteiger partial charge on any atom is -0.451 e. The number of esters is 1. The normalized spacial score (nSPS) is 23.8. The number of carbonyl (C=O) groups excluding carboxylic acids is 2. The number of H-pyrrole nitrogens is 1. The molecule has 2 N–H and O–H groups in total. The van der Waals surface area contributed by atoms with Gasteiger partial charge in [-0.1, -0.05) is 44.9 Å². The minimum atomic E-state index is -0.590. The molecule has 0 spiro atoms. The van der Waals surface area contributed by atoms with Crippen molar-refractivity contribution in [2.75, 3.05) is 6.61 Å². The summed E-state index contributed by atoms with van der Waals surface area (Å²) in [5, 5.41) is 10.4. The fourth-order valence-electron chi connectivity index (χ4n) is 3.35. The van der Waals surface area contributed by atoms with Crippen LogP contribution in [0, 0.1) is 11.8 Å². The van der Waals surface area contributed by atoms with Gasteiger partial charge in [-0.25, -0.2) is 4.79 Å². The number of hydrogen-bond donors (Lipinski definition) is 2. The molecule has 1 heterocycles. The Balaban J connectivity index is 1.55. The molecule has 0 bridgehead atoms. The van der Waals surface area contributed by atoms with Gasteiger partial charge in [0.25, 0.3) is 5.91 Å². The molecule has 0 saturated heterocycles. The molecule has 128 valence electrons. The molecular formula is C18H23N3O3. The number of aromatic amines is 1. The second-order valence-corrected chi connectivity index (χ2v) is 6.64. The van der Waals surface area contributed by atoms with Gasteiger partial charge in [0.05, 0.1) is 5.52 Å². The number of nitrogens with one attached hydrogen (secondary N) is 2. The Morgan fingerprint density at radius 3 is 2.92 bits per heavy atom. The second kappa shape index (κ2) is 7.03. The molecule has 1 saturated carbocycles. The third-order valence-corrected chi connectivity index (χ3v) is 5.05. The van der Waals surface area contributed by atoms with Crippen molar-refractivity contribution >= 4 is 22.8 Å². The molecule has 1 aromatic heterocycles. The van der Waals surface area contributed by atoms with Gasteiger partial charge in [-0.15, -0.1) is 0 Å². The van der Waals surface area contributed by atoms with E-state index >= 15 is 0 Å². The first-order valence-electron chi connectivity index (χ1n) is 8.46. The maximum Gasteiger partial charge on any atom is 0.359 e. The van der Waals surface area contributed by atoms with Crippen molar-refractivity contribution in [1.29, 1.82) is 0 Å². The van der Waals surface area contributed by atoms with Crippen LogP contribution in [0.3, 0.4) is 0 Å². The van der Waals surface area contributed by atoms with Crippen molar-refractivity contribution in [2.45, 2.75) is 39.2 Å². The smallest absolute Gasteiger partial charge is 0.359 e. The molecule has 24 heavy (non-hydrogen) atoms. The zero-order valence-corrected chi connectivity index (χ0v) is 14.0. The summed E-state index contributed by atoms with van der Waals surface area (Å²) in [5.41, 5.74) is 0.969. The number of fused-ring (bicyclic) bond motifs is 1. The zero-order valence-electron chi connectivity index (χ0n) is 14.0. The molecule has 1 aliphatic carbocycles. The summed E-state index contributed by atoms with van der Waals surface area (Å²) in [6, 6.07) is 7.46. The van der Waals surface area contributed by atoms with E-state index in [1.165, 1.54) is 6.42 Å². The summed E-state index contributed by atoms with van der Waals surface area (Å²) in [5.74, 6) is 0.192. The Kier molecular flexibility index (Phi) is 4.83. The number of rotatable bonds is 4. The molecule has 6 nitrogen and oxygen atoms in total. The largest absolute Gasteiger partial charge is 0.451 e. The van der Waals surface area contributed by atoms with E-state index in [0.717, 1.165) is 18.4 Å². The number of nitrogens with zero attached hydrogens (tertiary/aromatic N) is 1. The van der Waals surface area contributed by atoms with Gasteiger partial charge >= 0.3 is 5.97 Å². The monoisotopic (exact) mass is 329 g/mol. The van der Waals surface area contributed by atoms with Crippen molar-refractivity contribution < 1.29 is 14.3 Å². The highest BCUT2D eigenvalue weighted by Crippen LogP contribution is 2.29. The van der Waals surface area contributed by atoms with Gasteiger partial charge in [0, 0.05) is 11.4 Å². The highest BCUT2D eigenvalue weighted by Gasteiger charge is 2.28. The topological polar surface area (TPSA) is 84.1 Å². The Morgan fingerprint density at radius 2 is 2.08 bits per heavy atom. The summed E-state index contributed by atoms with van der Waals surface area (Å²) >= 11 is 0. The SMILES string of the molecule is CC1CCCC(NC(=O)COC(=O)c2n[nH]c3ccccc23)C1C. The van der Waals surface area contributed by atoms with E-state index in [2.05, 4.69) is 29.4 Å². The van der Waals surface area contributed by atoms with E-state index < -0.39 is 5.97 Å². The van der Waals surface area contributed by atoms with E-state index in [9.17, 15) is 9.59 Å². The summed E-state index contributed by atoms with van der Waals surface area (Å²) in [7, 11) is 0. The number of para-hydroxylation sites is 1. The average molecular weight is 329 g/mol. The molecule has 1 aromatic carbocycles. The molecule has 2 aromatic rings.